The van der Waals surface area contributed by atoms with Crippen molar-refractivity contribution in [1.29, 1.82) is 0 Å². The first-order chi connectivity index (χ1) is 32.2. The molecule has 3 aromatic carbocycles. The van der Waals surface area contributed by atoms with Crippen molar-refractivity contribution in [2.75, 3.05) is 52.7 Å². The number of fused-ring (bicyclic) bond motifs is 2. The van der Waals surface area contributed by atoms with E-state index in [9.17, 15) is 35.0 Å². The number of non-ortho nitro benzene ring substituents is 1. The predicted molar refractivity (Wildman–Crippen MR) is 248 cm³/mol. The van der Waals surface area contributed by atoms with Gasteiger partial charge in [-0.1, -0.05) is 60.5 Å². The number of nitrogens with zero attached hydrogens (tertiary/aromatic N) is 3. The van der Waals surface area contributed by atoms with E-state index in [2.05, 4.69) is 18.0 Å². The van der Waals surface area contributed by atoms with E-state index in [0.29, 0.717) is 55.0 Å². The molecular formula is C50H62N4O12. The Morgan fingerprint density at radius 1 is 1.00 bits per heavy atom. The van der Waals surface area contributed by atoms with Gasteiger partial charge in [-0.3, -0.25) is 14.9 Å². The third-order valence-electron chi connectivity index (χ3n) is 12.3. The summed E-state index contributed by atoms with van der Waals surface area (Å²) < 4.78 is 25.9. The monoisotopic (exact) mass is 910 g/mol. The zero-order chi connectivity index (χ0) is 46.9. The van der Waals surface area contributed by atoms with Gasteiger partial charge in [0.05, 0.1) is 43.0 Å². The van der Waals surface area contributed by atoms with Crippen LogP contribution in [0.25, 0.3) is 6.08 Å². The van der Waals surface area contributed by atoms with Gasteiger partial charge in [-0.25, -0.2) is 4.79 Å². The lowest BCUT2D eigenvalue weighted by molar-refractivity contribution is -0.384. The molecule has 0 bridgehead atoms. The summed E-state index contributed by atoms with van der Waals surface area (Å²) in [4.78, 5) is 46.4. The number of nitro groups is 1. The normalized spacial score (nSPS) is 22.4. The Labute approximate surface area is 385 Å². The van der Waals surface area contributed by atoms with E-state index in [1.807, 2.05) is 36.4 Å². The van der Waals surface area contributed by atoms with Crippen molar-refractivity contribution in [3.8, 4) is 11.5 Å². The molecule has 6 rings (SSSR count). The number of nitro benzene ring substituents is 1. The van der Waals surface area contributed by atoms with Crippen molar-refractivity contribution in [3.63, 3.8) is 0 Å². The number of oxime groups is 1. The third-order valence-corrected chi connectivity index (χ3v) is 12.3. The maximum absolute atomic E-state index is 14.9. The second-order valence-corrected chi connectivity index (χ2v) is 16.5. The lowest BCUT2D eigenvalue weighted by Gasteiger charge is -2.60. The molecule has 2 amide bonds. The van der Waals surface area contributed by atoms with E-state index in [1.165, 1.54) is 18.2 Å². The standard InChI is InChI=1S/C50H62N4O12/c1-3-28-63-50-45(53(24-29-62-30-27-57)46(58)23-18-35-16-19-38(20-17-35)54(60)61)33-43(52-64-34-36-12-6-5-7-13-36)41-31-37(14-8-10-25-55)40(15-9-11-26-56)47(48(41)50)42-32-39(21-22-44(42)66-50)65-49(59)51-4-2/h3,5-7,12-13,16-23,31-32,37,40,45,47-48,55-57H,1,4,8-11,14-15,24-30,33-34H2,2H3,(H,51,59)/t37-,40+,45-,47+,48+,50+/m0/s1. The average molecular weight is 911 g/mol. The van der Waals surface area contributed by atoms with E-state index in [4.69, 9.17) is 28.9 Å². The van der Waals surface area contributed by atoms with Crippen LogP contribution in [0.1, 0.15) is 74.5 Å². The Morgan fingerprint density at radius 3 is 2.45 bits per heavy atom. The summed E-state index contributed by atoms with van der Waals surface area (Å²) in [5.41, 5.74) is 3.57. The second-order valence-electron chi connectivity index (χ2n) is 16.5. The first-order valence-electron chi connectivity index (χ1n) is 22.8. The summed E-state index contributed by atoms with van der Waals surface area (Å²) in [6, 6.07) is 19.9. The fourth-order valence-corrected chi connectivity index (χ4v) is 9.48. The van der Waals surface area contributed by atoms with Gasteiger partial charge in [0.15, 0.2) is 0 Å². The van der Waals surface area contributed by atoms with Crippen LogP contribution in [-0.2, 0) is 25.7 Å². The number of nitrogens with one attached hydrogen (secondary N) is 1. The molecule has 66 heavy (non-hydrogen) atoms. The number of hydrogen-bond donors (Lipinski definition) is 4. The maximum atomic E-state index is 14.9. The molecule has 1 fully saturated rings. The van der Waals surface area contributed by atoms with E-state index in [0.717, 1.165) is 29.5 Å². The van der Waals surface area contributed by atoms with Crippen LogP contribution >= 0.6 is 0 Å². The van der Waals surface area contributed by atoms with Crippen molar-refractivity contribution in [1.82, 2.24) is 10.2 Å². The highest BCUT2D eigenvalue weighted by Crippen LogP contribution is 2.62. The Hall–Kier alpha value is -5.91. The minimum atomic E-state index is -1.59. The molecule has 1 heterocycles. The van der Waals surface area contributed by atoms with Crippen LogP contribution in [0.15, 0.2) is 108 Å². The van der Waals surface area contributed by atoms with Gasteiger partial charge < -0.3 is 49.3 Å². The quantitative estimate of drug-likeness (QED) is 0.0221. The number of carbonyl (C=O) groups excluding carboxylic acids is 2. The van der Waals surface area contributed by atoms with Crippen LogP contribution in [0.5, 0.6) is 11.5 Å². The predicted octanol–water partition coefficient (Wildman–Crippen LogP) is 7.09. The van der Waals surface area contributed by atoms with Crippen LogP contribution in [0.2, 0.25) is 0 Å². The number of unbranched alkanes of at least 4 members (excludes halogenated alkanes) is 2. The van der Waals surface area contributed by atoms with Gasteiger partial charge in [-0.2, -0.15) is 0 Å². The lowest BCUT2D eigenvalue weighted by Crippen LogP contribution is -2.70. The first-order valence-corrected chi connectivity index (χ1v) is 22.8. The van der Waals surface area contributed by atoms with Gasteiger partial charge in [-0.15, -0.1) is 6.58 Å². The van der Waals surface area contributed by atoms with Crippen LogP contribution in [0.3, 0.4) is 0 Å². The summed E-state index contributed by atoms with van der Waals surface area (Å²) in [7, 11) is 0. The van der Waals surface area contributed by atoms with Crippen molar-refractivity contribution in [3.05, 3.63) is 130 Å². The Morgan fingerprint density at radius 2 is 1.76 bits per heavy atom. The highest BCUT2D eigenvalue weighted by Gasteiger charge is 2.65. The molecule has 0 radical (unpaired) electrons. The highest BCUT2D eigenvalue weighted by molar-refractivity contribution is 6.03. The van der Waals surface area contributed by atoms with Crippen LogP contribution in [0.4, 0.5) is 10.5 Å². The summed E-state index contributed by atoms with van der Waals surface area (Å²) >= 11 is 0. The van der Waals surface area contributed by atoms with Crippen molar-refractivity contribution < 1.29 is 53.6 Å². The Balaban J connectivity index is 1.57. The maximum Gasteiger partial charge on any atom is 0.412 e. The Kier molecular flexibility index (Phi) is 18.4. The molecule has 3 aromatic rings. The number of aliphatic hydroxyl groups excluding tert-OH is 3. The first kappa shape index (κ1) is 49.5. The lowest BCUT2D eigenvalue weighted by atomic mass is 9.55. The van der Waals surface area contributed by atoms with E-state index < -0.39 is 34.7 Å². The van der Waals surface area contributed by atoms with Crippen molar-refractivity contribution in [2.24, 2.45) is 22.9 Å². The van der Waals surface area contributed by atoms with Crippen molar-refractivity contribution in [2.45, 2.75) is 76.2 Å². The SMILES string of the molecule is C=CCO[C@@]12Oc3ccc(OC(=O)NCC)cc3[C@H]3[C@H](CCCCO)[C@@H](CCCCO)C=C(C(=NOCc4ccccc4)C[C@@H]1N(CCOCCO)C(=O)C=Cc1ccc([N+](=O)[O-])cc1)[C@H]32. The number of aliphatic hydroxyl groups is 3. The molecule has 3 aliphatic rings. The zero-order valence-corrected chi connectivity index (χ0v) is 37.5. The molecule has 0 unspecified atom stereocenters. The summed E-state index contributed by atoms with van der Waals surface area (Å²) in [5.74, 6) is -2.36. The van der Waals surface area contributed by atoms with Gasteiger partial charge in [0, 0.05) is 62.4 Å². The number of benzene rings is 3. The molecule has 6 atom stereocenters. The fraction of sp³-hybridized carbons (Fsp3) is 0.460. The van der Waals surface area contributed by atoms with Gasteiger partial charge in [0.2, 0.25) is 11.7 Å². The van der Waals surface area contributed by atoms with E-state index in [-0.39, 0.29) is 82.7 Å². The van der Waals surface area contributed by atoms with Gasteiger partial charge in [0.25, 0.3) is 5.69 Å². The zero-order valence-electron chi connectivity index (χ0n) is 37.5. The largest absolute Gasteiger partial charge is 0.459 e. The molecule has 16 nitrogen and oxygen atoms in total. The molecule has 0 aromatic heterocycles. The fourth-order valence-electron chi connectivity index (χ4n) is 9.48. The number of hydrogen-bond acceptors (Lipinski definition) is 13. The van der Waals surface area contributed by atoms with Crippen LogP contribution < -0.4 is 14.8 Å². The number of carbonyl (C=O) groups is 2. The number of rotatable bonds is 25. The Bertz CT molecular complexity index is 2180. The van der Waals surface area contributed by atoms with E-state index in [1.54, 1.807) is 48.2 Å². The molecule has 16 heteroatoms. The molecule has 1 saturated carbocycles. The smallest absolute Gasteiger partial charge is 0.412 e. The molecule has 1 aliphatic heterocycles. The van der Waals surface area contributed by atoms with Gasteiger partial charge in [-0.05, 0) is 97.6 Å². The second kappa shape index (κ2) is 24.6. The molecule has 354 valence electrons. The molecule has 0 spiro atoms. The van der Waals surface area contributed by atoms with Crippen molar-refractivity contribution >= 4 is 29.5 Å². The number of allylic oxidation sites excluding steroid dienone is 1. The van der Waals surface area contributed by atoms with Gasteiger partial charge >= 0.3 is 6.09 Å². The van der Waals surface area contributed by atoms with Crippen LogP contribution in [-0.4, -0.2) is 107 Å². The minimum Gasteiger partial charge on any atom is -0.459 e. The van der Waals surface area contributed by atoms with Gasteiger partial charge in [0.1, 0.15) is 24.1 Å². The number of ether oxygens (including phenoxy) is 4. The topological polar surface area (TPSA) is 212 Å². The summed E-state index contributed by atoms with van der Waals surface area (Å²) in [5, 5.41) is 48.4. The molecular weight excluding hydrogens is 849 g/mol. The molecule has 0 saturated heterocycles. The summed E-state index contributed by atoms with van der Waals surface area (Å²) in [6.07, 6.45) is 10.4. The summed E-state index contributed by atoms with van der Waals surface area (Å²) in [6.45, 7) is 6.36. The minimum absolute atomic E-state index is 0.0220. The van der Waals surface area contributed by atoms with E-state index >= 15 is 0 Å². The average Bonchev–Trinajstić information content (AvgIpc) is 3.32. The third kappa shape index (κ3) is 12.1. The van der Waals surface area contributed by atoms with Crippen LogP contribution in [0, 0.1) is 27.9 Å². The number of amides is 2. The highest BCUT2D eigenvalue weighted by atomic mass is 16.7. The molecule has 2 aliphatic carbocycles. The molecule has 4 N–H and O–H groups in total.